The van der Waals surface area contributed by atoms with E-state index in [-0.39, 0.29) is 24.5 Å². The van der Waals surface area contributed by atoms with Crippen molar-refractivity contribution in [2.24, 2.45) is 5.92 Å². The van der Waals surface area contributed by atoms with Crippen molar-refractivity contribution in [2.75, 3.05) is 0 Å². The van der Waals surface area contributed by atoms with E-state index in [9.17, 15) is 4.79 Å². The molecule has 2 heteroatoms. The van der Waals surface area contributed by atoms with Crippen LogP contribution in [-0.2, 0) is 23.4 Å². The summed E-state index contributed by atoms with van der Waals surface area (Å²) in [5.41, 5.74) is 0. The number of carbonyl (C=O) groups is 1. The number of carbonyl (C=O) groups excluding carboxylic acids is 1. The van der Waals surface area contributed by atoms with Crippen molar-refractivity contribution >= 4 is 4.17 Å². The normalized spacial score (nSPS) is 16.1. The van der Waals surface area contributed by atoms with Crippen LogP contribution in [0.2, 0.25) is 0 Å². The van der Waals surface area contributed by atoms with Gasteiger partial charge in [0.15, 0.2) is 0 Å². The Morgan fingerprint density at radius 1 is 1.64 bits per heavy atom. The molecular formula is C9H12OPt. The van der Waals surface area contributed by atoms with Crippen molar-refractivity contribution in [2.45, 2.75) is 20.3 Å². The molecule has 0 unspecified atom stereocenters. The molecule has 0 aromatic heterocycles. The number of allylic oxidation sites excluding steroid dienone is 4. The van der Waals surface area contributed by atoms with Gasteiger partial charge >= 0.3 is 75.9 Å². The first-order valence-electron chi connectivity index (χ1n) is 3.68. The first-order valence-corrected chi connectivity index (χ1v) is 5.95. The second-order valence-corrected chi connectivity index (χ2v) is 5.86. The molecule has 0 bridgehead atoms. The predicted molar refractivity (Wildman–Crippen MR) is 41.7 cm³/mol. The van der Waals surface area contributed by atoms with E-state index < -0.39 is 0 Å². The van der Waals surface area contributed by atoms with E-state index in [1.54, 1.807) is 0 Å². The van der Waals surface area contributed by atoms with Gasteiger partial charge in [0.1, 0.15) is 0 Å². The molecule has 0 aliphatic heterocycles. The van der Waals surface area contributed by atoms with Crippen LogP contribution in [0.1, 0.15) is 20.3 Å². The first kappa shape index (κ1) is 8.93. The molecule has 1 rings (SSSR count). The molecule has 1 nitrogen and oxygen atoms in total. The molecule has 0 saturated heterocycles. The van der Waals surface area contributed by atoms with Crippen LogP contribution in [0.4, 0.5) is 0 Å². The van der Waals surface area contributed by atoms with Gasteiger partial charge in [-0.3, -0.25) is 0 Å². The van der Waals surface area contributed by atoms with E-state index >= 15 is 0 Å². The summed E-state index contributed by atoms with van der Waals surface area (Å²) in [6.07, 6.45) is 7.27. The van der Waals surface area contributed by atoms with Gasteiger partial charge in [-0.05, 0) is 0 Å². The Hall–Kier alpha value is -0.162. The van der Waals surface area contributed by atoms with Crippen molar-refractivity contribution in [3.63, 3.8) is 0 Å². The van der Waals surface area contributed by atoms with Gasteiger partial charge in [-0.25, -0.2) is 0 Å². The second-order valence-electron chi connectivity index (χ2n) is 2.71. The molecule has 0 atom stereocenters. The third kappa shape index (κ3) is 2.75. The predicted octanol–water partition coefficient (Wildman–Crippen LogP) is 2.10. The summed E-state index contributed by atoms with van der Waals surface area (Å²) in [5, 5.41) is 0. The standard InChI is InChI=1S/C5H5.C4H7O.Pt/c1-2-4-5-3-1;1-4(2)3-5;/h1-3H,4H2;4H,1-2H3;. The van der Waals surface area contributed by atoms with E-state index in [1.165, 1.54) is 3.96 Å². The average Bonchev–Trinajstić information content (AvgIpc) is 2.39. The van der Waals surface area contributed by atoms with Crippen LogP contribution >= 0.6 is 0 Å². The molecule has 1 aliphatic carbocycles. The molecule has 0 N–H and O–H groups in total. The Morgan fingerprint density at radius 2 is 2.36 bits per heavy atom. The van der Waals surface area contributed by atoms with Gasteiger partial charge in [0.2, 0.25) is 0 Å². The van der Waals surface area contributed by atoms with Gasteiger partial charge in [0, 0.05) is 0 Å². The quantitative estimate of drug-likeness (QED) is 0.774. The number of hydrogen-bond donors (Lipinski definition) is 0. The van der Waals surface area contributed by atoms with Crippen molar-refractivity contribution in [3.8, 4) is 0 Å². The van der Waals surface area contributed by atoms with Crippen molar-refractivity contribution in [3.05, 3.63) is 22.2 Å². The van der Waals surface area contributed by atoms with Crippen molar-refractivity contribution in [1.82, 2.24) is 0 Å². The van der Waals surface area contributed by atoms with Gasteiger partial charge in [-0.15, -0.1) is 0 Å². The van der Waals surface area contributed by atoms with Crippen LogP contribution in [0, 0.1) is 5.92 Å². The molecule has 0 radical (unpaired) electrons. The van der Waals surface area contributed by atoms with Crippen LogP contribution < -0.4 is 0 Å². The van der Waals surface area contributed by atoms with Gasteiger partial charge in [-0.1, -0.05) is 0 Å². The van der Waals surface area contributed by atoms with Gasteiger partial charge in [0.05, 0.1) is 0 Å². The topological polar surface area (TPSA) is 17.1 Å². The molecule has 0 spiro atoms. The molecule has 11 heavy (non-hydrogen) atoms. The molecule has 0 aromatic rings. The summed E-state index contributed by atoms with van der Waals surface area (Å²) in [4.78, 5) is 11.3. The van der Waals surface area contributed by atoms with Gasteiger partial charge in [0.25, 0.3) is 0 Å². The minimum absolute atomic E-state index is 0.227. The Kier molecular flexibility index (Phi) is 3.26. The third-order valence-electron chi connectivity index (χ3n) is 1.30. The SMILES string of the molecule is CC(C)[C](=O)[Pt][C]1=CC=CC1. The fraction of sp³-hybridized carbons (Fsp3) is 0.444. The Morgan fingerprint density at radius 3 is 2.82 bits per heavy atom. The van der Waals surface area contributed by atoms with Crippen LogP contribution in [0.25, 0.3) is 0 Å². The maximum atomic E-state index is 11.3. The summed E-state index contributed by atoms with van der Waals surface area (Å²) < 4.78 is 1.82. The Balaban J connectivity index is 2.37. The summed E-state index contributed by atoms with van der Waals surface area (Å²) in [6.45, 7) is 3.95. The fourth-order valence-corrected chi connectivity index (χ4v) is 2.94. The van der Waals surface area contributed by atoms with Crippen molar-refractivity contribution in [1.29, 1.82) is 0 Å². The molecule has 0 heterocycles. The molecule has 64 valence electrons. The van der Waals surface area contributed by atoms with Crippen LogP contribution in [0.5, 0.6) is 0 Å². The monoisotopic (exact) mass is 331 g/mol. The number of hydrogen-bond acceptors (Lipinski definition) is 1. The Labute approximate surface area is 76.1 Å². The molecule has 0 aromatic carbocycles. The van der Waals surface area contributed by atoms with E-state index in [2.05, 4.69) is 12.2 Å². The fourth-order valence-electron chi connectivity index (χ4n) is 0.658. The second kappa shape index (κ2) is 4.01. The van der Waals surface area contributed by atoms with Gasteiger partial charge in [-0.2, -0.15) is 0 Å². The zero-order chi connectivity index (χ0) is 8.27. The molecular weight excluding hydrogens is 319 g/mol. The third-order valence-corrected chi connectivity index (χ3v) is 4.74. The van der Waals surface area contributed by atoms with E-state index in [1.807, 2.05) is 19.9 Å². The van der Waals surface area contributed by atoms with Crippen LogP contribution in [-0.4, -0.2) is 4.17 Å². The summed E-state index contributed by atoms with van der Waals surface area (Å²) in [6, 6.07) is 0. The van der Waals surface area contributed by atoms with Crippen LogP contribution in [0.3, 0.4) is 0 Å². The molecule has 0 fully saturated rings. The van der Waals surface area contributed by atoms with Crippen molar-refractivity contribution < 1.29 is 23.4 Å². The summed E-state index contributed by atoms with van der Waals surface area (Å²) in [5.74, 6) is 0.227. The van der Waals surface area contributed by atoms with E-state index in [0.717, 1.165) is 6.42 Å². The summed E-state index contributed by atoms with van der Waals surface area (Å²) >= 11 is -0.332. The van der Waals surface area contributed by atoms with Crippen LogP contribution in [0.15, 0.2) is 22.2 Å². The van der Waals surface area contributed by atoms with E-state index in [0.29, 0.717) is 4.17 Å². The molecule has 0 saturated carbocycles. The Bertz CT molecular complexity index is 214. The van der Waals surface area contributed by atoms with Gasteiger partial charge < -0.3 is 0 Å². The average molecular weight is 331 g/mol. The zero-order valence-electron chi connectivity index (χ0n) is 6.74. The summed E-state index contributed by atoms with van der Waals surface area (Å²) in [7, 11) is 0. The minimum atomic E-state index is -0.332. The zero-order valence-corrected chi connectivity index (χ0v) is 9.01. The molecule has 1 aliphatic rings. The number of rotatable bonds is 3. The first-order chi connectivity index (χ1) is 5.20. The maximum absolute atomic E-state index is 11.3. The molecule has 0 amide bonds. The van der Waals surface area contributed by atoms with E-state index in [4.69, 9.17) is 0 Å².